The van der Waals surface area contributed by atoms with Crippen LogP contribution in [0.3, 0.4) is 0 Å². The van der Waals surface area contributed by atoms with Crippen molar-refractivity contribution in [2.75, 3.05) is 6.54 Å². The minimum absolute atomic E-state index is 0.0473. The zero-order valence-electron chi connectivity index (χ0n) is 13.2. The van der Waals surface area contributed by atoms with Crippen LogP contribution < -0.4 is 0 Å². The molecule has 0 spiro atoms. The predicted octanol–water partition coefficient (Wildman–Crippen LogP) is 2.52. The van der Waals surface area contributed by atoms with Gasteiger partial charge in [-0.25, -0.2) is 4.79 Å². The van der Waals surface area contributed by atoms with Crippen molar-refractivity contribution in [3.05, 3.63) is 11.6 Å². The number of carboxylic acid groups (broad SMARTS) is 1. The van der Waals surface area contributed by atoms with Gasteiger partial charge in [0.1, 0.15) is 0 Å². The number of cyclic esters (lactones) is 1. The Balaban J connectivity index is 2.74. The Morgan fingerprint density at radius 2 is 2.00 bits per heavy atom. The lowest BCUT2D eigenvalue weighted by Gasteiger charge is -2.37. The Labute approximate surface area is 125 Å². The van der Waals surface area contributed by atoms with Crippen LogP contribution in [0, 0.1) is 0 Å². The van der Waals surface area contributed by atoms with Gasteiger partial charge in [-0.2, -0.15) is 0 Å². The summed E-state index contributed by atoms with van der Waals surface area (Å²) < 4.78 is 5.38. The maximum Gasteiger partial charge on any atom is 0.412 e. The number of aliphatic carboxylic acids is 1. The van der Waals surface area contributed by atoms with Crippen LogP contribution in [0.1, 0.15) is 53.4 Å². The van der Waals surface area contributed by atoms with Gasteiger partial charge in [0.15, 0.2) is 11.3 Å². The van der Waals surface area contributed by atoms with Crippen molar-refractivity contribution in [2.24, 2.45) is 0 Å². The number of rotatable bonds is 7. The molecular weight excluding hydrogens is 274 g/mol. The number of ether oxygens (including phenoxy) is 1. The van der Waals surface area contributed by atoms with Crippen molar-refractivity contribution < 1.29 is 24.5 Å². The average molecular weight is 299 g/mol. The number of nitrogens with zero attached hydrogens (tertiary/aromatic N) is 1. The Morgan fingerprint density at radius 1 is 1.38 bits per heavy atom. The van der Waals surface area contributed by atoms with Gasteiger partial charge in [0.05, 0.1) is 0 Å². The number of carbonyl (C=O) groups is 2. The first-order valence-electron chi connectivity index (χ1n) is 7.18. The number of carbonyl (C=O) groups excluding carboxylic acids is 1. The van der Waals surface area contributed by atoms with Crippen molar-refractivity contribution in [3.63, 3.8) is 0 Å². The van der Waals surface area contributed by atoms with Crippen LogP contribution in [0.4, 0.5) is 4.79 Å². The van der Waals surface area contributed by atoms with Gasteiger partial charge >= 0.3 is 12.1 Å². The van der Waals surface area contributed by atoms with E-state index in [9.17, 15) is 14.7 Å². The molecule has 0 aliphatic carbocycles. The van der Waals surface area contributed by atoms with Gasteiger partial charge in [0.2, 0.25) is 0 Å². The maximum absolute atomic E-state index is 12.0. The summed E-state index contributed by atoms with van der Waals surface area (Å²) in [5.41, 5.74) is -1.28. The Bertz CT molecular complexity index is 439. The molecule has 0 bridgehead atoms. The fraction of sp³-hybridized carbons (Fsp3) is 0.733. The van der Waals surface area contributed by atoms with E-state index >= 15 is 0 Å². The van der Waals surface area contributed by atoms with Crippen LogP contribution in [0.2, 0.25) is 0 Å². The highest BCUT2D eigenvalue weighted by Gasteiger charge is 2.58. The molecule has 120 valence electrons. The summed E-state index contributed by atoms with van der Waals surface area (Å²) >= 11 is 0. The Hall–Kier alpha value is -1.56. The van der Waals surface area contributed by atoms with E-state index in [4.69, 9.17) is 9.84 Å². The summed E-state index contributed by atoms with van der Waals surface area (Å²) in [5.74, 6) is -0.923. The molecule has 0 unspecified atom stereocenters. The molecule has 1 heterocycles. The van der Waals surface area contributed by atoms with Crippen LogP contribution in [0.25, 0.3) is 0 Å². The molecule has 2 atom stereocenters. The highest BCUT2D eigenvalue weighted by Crippen LogP contribution is 2.40. The summed E-state index contributed by atoms with van der Waals surface area (Å²) in [5, 5.41) is 19.3. The lowest BCUT2D eigenvalue weighted by atomic mass is 9.88. The molecule has 1 saturated heterocycles. The summed E-state index contributed by atoms with van der Waals surface area (Å²) in [6.07, 6.45) is 2.88. The largest absolute Gasteiger partial charge is 0.481 e. The molecule has 6 nitrogen and oxygen atoms in total. The van der Waals surface area contributed by atoms with Crippen LogP contribution in [-0.4, -0.2) is 45.0 Å². The van der Waals surface area contributed by atoms with Crippen LogP contribution in [0.5, 0.6) is 0 Å². The average Bonchev–Trinajstić information content (AvgIpc) is 2.48. The van der Waals surface area contributed by atoms with Crippen molar-refractivity contribution >= 4 is 12.1 Å². The highest BCUT2D eigenvalue weighted by molar-refractivity contribution is 5.72. The number of allylic oxidation sites excluding steroid dienone is 2. The Morgan fingerprint density at radius 3 is 2.52 bits per heavy atom. The topological polar surface area (TPSA) is 87.1 Å². The lowest BCUT2D eigenvalue weighted by Crippen LogP contribution is -2.55. The zero-order valence-corrected chi connectivity index (χ0v) is 13.2. The first-order valence-corrected chi connectivity index (χ1v) is 7.18. The molecule has 1 aliphatic rings. The predicted molar refractivity (Wildman–Crippen MR) is 77.8 cm³/mol. The minimum atomic E-state index is -1.45. The second-order valence-electron chi connectivity index (χ2n) is 6.09. The fourth-order valence-electron chi connectivity index (χ4n) is 2.43. The summed E-state index contributed by atoms with van der Waals surface area (Å²) in [6.45, 7) is 7.39. The molecule has 21 heavy (non-hydrogen) atoms. The van der Waals surface area contributed by atoms with Crippen molar-refractivity contribution in [1.82, 2.24) is 4.90 Å². The van der Waals surface area contributed by atoms with E-state index in [1.165, 1.54) is 10.5 Å². The third-order valence-corrected chi connectivity index (χ3v) is 4.01. The van der Waals surface area contributed by atoms with Gasteiger partial charge in [0, 0.05) is 13.0 Å². The van der Waals surface area contributed by atoms with E-state index in [-0.39, 0.29) is 19.4 Å². The molecule has 1 aliphatic heterocycles. The molecule has 0 aromatic rings. The van der Waals surface area contributed by atoms with Gasteiger partial charge in [-0.15, -0.1) is 0 Å². The lowest BCUT2D eigenvalue weighted by molar-refractivity contribution is -0.142. The number of aliphatic hydroxyl groups is 1. The SMILES string of the molecule is CC(C)=CCC[C@@]1(C)OC(=O)N(CCCC(=O)O)[C@]1(C)O. The monoisotopic (exact) mass is 299 g/mol. The number of hydrogen-bond donors (Lipinski definition) is 2. The third kappa shape index (κ3) is 3.97. The van der Waals surface area contributed by atoms with E-state index in [2.05, 4.69) is 0 Å². The van der Waals surface area contributed by atoms with Crippen LogP contribution in [0.15, 0.2) is 11.6 Å². The zero-order chi connectivity index (χ0) is 16.3. The van der Waals surface area contributed by atoms with E-state index in [1.807, 2.05) is 19.9 Å². The second kappa shape index (κ2) is 6.47. The van der Waals surface area contributed by atoms with Crippen molar-refractivity contribution in [2.45, 2.75) is 64.7 Å². The molecule has 0 aromatic heterocycles. The van der Waals surface area contributed by atoms with E-state index in [0.717, 1.165) is 0 Å². The summed E-state index contributed by atoms with van der Waals surface area (Å²) in [6, 6.07) is 0. The number of carboxylic acids is 1. The number of amides is 1. The van der Waals surface area contributed by atoms with E-state index in [1.54, 1.807) is 13.8 Å². The highest BCUT2D eigenvalue weighted by atomic mass is 16.6. The first-order chi connectivity index (χ1) is 9.60. The minimum Gasteiger partial charge on any atom is -0.481 e. The van der Waals surface area contributed by atoms with E-state index in [0.29, 0.717) is 12.8 Å². The quantitative estimate of drug-likeness (QED) is 0.705. The molecular formula is C15H25NO5. The van der Waals surface area contributed by atoms with Gasteiger partial charge in [0.25, 0.3) is 0 Å². The molecule has 0 radical (unpaired) electrons. The molecule has 1 rings (SSSR count). The molecule has 0 saturated carbocycles. The van der Waals surface area contributed by atoms with Gasteiger partial charge in [-0.05, 0) is 47.0 Å². The van der Waals surface area contributed by atoms with Gasteiger partial charge < -0.3 is 14.9 Å². The summed E-state index contributed by atoms with van der Waals surface area (Å²) in [4.78, 5) is 23.7. The maximum atomic E-state index is 12.0. The molecule has 6 heteroatoms. The first kappa shape index (κ1) is 17.5. The van der Waals surface area contributed by atoms with Gasteiger partial charge in [-0.3, -0.25) is 9.69 Å². The second-order valence-corrected chi connectivity index (χ2v) is 6.09. The molecule has 1 fully saturated rings. The van der Waals surface area contributed by atoms with Gasteiger partial charge in [-0.1, -0.05) is 11.6 Å². The van der Waals surface area contributed by atoms with Crippen molar-refractivity contribution in [3.8, 4) is 0 Å². The number of hydrogen-bond acceptors (Lipinski definition) is 4. The molecule has 0 aromatic carbocycles. The van der Waals surface area contributed by atoms with Crippen LogP contribution >= 0.6 is 0 Å². The Kier molecular flexibility index (Phi) is 5.39. The fourth-order valence-corrected chi connectivity index (χ4v) is 2.43. The van der Waals surface area contributed by atoms with Crippen LogP contribution in [-0.2, 0) is 9.53 Å². The summed E-state index contributed by atoms with van der Waals surface area (Å²) in [7, 11) is 0. The smallest absolute Gasteiger partial charge is 0.412 e. The normalized spacial score (nSPS) is 28.4. The molecule has 2 N–H and O–H groups in total. The molecule has 1 amide bonds. The van der Waals surface area contributed by atoms with Crippen molar-refractivity contribution in [1.29, 1.82) is 0 Å². The standard InChI is InChI=1S/C15H25NO5/c1-11(2)7-5-9-14(3)15(4,20)16(13(19)21-14)10-6-8-12(17)18/h7,20H,5-6,8-10H2,1-4H3,(H,17,18)/t14-,15-/m1/s1. The third-order valence-electron chi connectivity index (χ3n) is 4.01. The van der Waals surface area contributed by atoms with E-state index < -0.39 is 23.4 Å².